The maximum absolute atomic E-state index is 5.64. The molecular weight excluding hydrogens is 192 g/mol. The Kier molecular flexibility index (Phi) is 5.12. The highest BCUT2D eigenvalue weighted by Gasteiger charge is 2.35. The lowest BCUT2D eigenvalue weighted by atomic mass is 9.87. The van der Waals surface area contributed by atoms with E-state index < -0.39 is 0 Å². The fourth-order valence-corrected chi connectivity index (χ4v) is 1.58. The van der Waals surface area contributed by atoms with Gasteiger partial charge in [-0.3, -0.25) is 0 Å². The van der Waals surface area contributed by atoms with E-state index in [4.69, 9.17) is 14.2 Å². The maximum Gasteiger partial charge on any atom is 0.157 e. The van der Waals surface area contributed by atoms with Gasteiger partial charge >= 0.3 is 0 Å². The minimum Gasteiger partial charge on any atom is -0.501 e. The summed E-state index contributed by atoms with van der Waals surface area (Å²) < 4.78 is 16.7. The monoisotopic (exact) mass is 214 g/mol. The van der Waals surface area contributed by atoms with Gasteiger partial charge in [0.2, 0.25) is 0 Å². The van der Waals surface area contributed by atoms with Gasteiger partial charge in [-0.1, -0.05) is 19.9 Å². The first-order valence-electron chi connectivity index (χ1n) is 5.72. The molecule has 0 N–H and O–H groups in total. The van der Waals surface area contributed by atoms with Crippen LogP contribution in [0.2, 0.25) is 0 Å². The third-order valence-electron chi connectivity index (χ3n) is 2.86. The van der Waals surface area contributed by atoms with E-state index in [0.29, 0.717) is 6.61 Å². The van der Waals surface area contributed by atoms with Crippen LogP contribution >= 0.6 is 0 Å². The minimum absolute atomic E-state index is 0.0219. The number of hydrogen-bond acceptors (Lipinski definition) is 3. The first-order chi connectivity index (χ1) is 7.26. The molecule has 0 radical (unpaired) electrons. The van der Waals surface area contributed by atoms with Crippen LogP contribution in [0.4, 0.5) is 0 Å². The SMILES string of the molecule is CC=COCC1(CC)COC(CC)OC1. The Hall–Kier alpha value is -0.540. The molecule has 3 nitrogen and oxygen atoms in total. The van der Waals surface area contributed by atoms with E-state index in [1.165, 1.54) is 0 Å². The Morgan fingerprint density at radius 3 is 2.47 bits per heavy atom. The summed E-state index contributed by atoms with van der Waals surface area (Å²) in [5.41, 5.74) is 0.0329. The molecule has 1 fully saturated rings. The van der Waals surface area contributed by atoms with Gasteiger partial charge in [0, 0.05) is 0 Å². The minimum atomic E-state index is -0.0219. The van der Waals surface area contributed by atoms with Crippen LogP contribution in [0.3, 0.4) is 0 Å². The van der Waals surface area contributed by atoms with Gasteiger partial charge in [-0.15, -0.1) is 0 Å². The second-order valence-corrected chi connectivity index (χ2v) is 4.09. The van der Waals surface area contributed by atoms with Gasteiger partial charge in [0.15, 0.2) is 6.29 Å². The molecule has 0 aliphatic carbocycles. The molecule has 0 amide bonds. The average molecular weight is 214 g/mol. The lowest BCUT2D eigenvalue weighted by molar-refractivity contribution is -0.237. The van der Waals surface area contributed by atoms with Gasteiger partial charge in [-0.05, 0) is 19.8 Å². The molecule has 3 heteroatoms. The smallest absolute Gasteiger partial charge is 0.157 e. The Morgan fingerprint density at radius 1 is 1.33 bits per heavy atom. The second-order valence-electron chi connectivity index (χ2n) is 4.09. The largest absolute Gasteiger partial charge is 0.501 e. The molecule has 0 saturated carbocycles. The van der Waals surface area contributed by atoms with Gasteiger partial charge < -0.3 is 14.2 Å². The summed E-state index contributed by atoms with van der Waals surface area (Å²) in [4.78, 5) is 0. The first-order valence-corrected chi connectivity index (χ1v) is 5.72. The highest BCUT2D eigenvalue weighted by atomic mass is 16.7. The molecule has 1 aliphatic heterocycles. The molecule has 1 heterocycles. The summed E-state index contributed by atoms with van der Waals surface area (Å²) in [5.74, 6) is 0. The highest BCUT2D eigenvalue weighted by molar-refractivity contribution is 4.81. The summed E-state index contributed by atoms with van der Waals surface area (Å²) in [6, 6.07) is 0. The fourth-order valence-electron chi connectivity index (χ4n) is 1.58. The number of allylic oxidation sites excluding steroid dienone is 1. The average Bonchev–Trinajstić information content (AvgIpc) is 2.30. The summed E-state index contributed by atoms with van der Waals surface area (Å²) in [6.07, 6.45) is 5.52. The van der Waals surface area contributed by atoms with Crippen molar-refractivity contribution in [3.05, 3.63) is 12.3 Å². The molecule has 1 saturated heterocycles. The molecule has 88 valence electrons. The summed E-state index contributed by atoms with van der Waals surface area (Å²) >= 11 is 0. The predicted octanol–water partition coefficient (Wildman–Crippen LogP) is 2.72. The van der Waals surface area contributed by atoms with Crippen molar-refractivity contribution in [3.63, 3.8) is 0 Å². The topological polar surface area (TPSA) is 27.7 Å². The molecule has 0 aromatic rings. The standard InChI is InChI=1S/C12H22O3/c1-4-7-13-8-12(6-3)9-14-11(5-2)15-10-12/h4,7,11H,5-6,8-10H2,1-3H3. The van der Waals surface area contributed by atoms with Crippen LogP contribution < -0.4 is 0 Å². The zero-order chi connectivity index (χ0) is 11.1. The molecular formula is C12H22O3. The number of rotatable bonds is 5. The van der Waals surface area contributed by atoms with Crippen molar-refractivity contribution in [2.24, 2.45) is 5.41 Å². The van der Waals surface area contributed by atoms with E-state index in [-0.39, 0.29) is 11.7 Å². The molecule has 0 atom stereocenters. The van der Waals surface area contributed by atoms with Crippen LogP contribution in [0.1, 0.15) is 33.6 Å². The lowest BCUT2D eigenvalue weighted by Gasteiger charge is -2.38. The van der Waals surface area contributed by atoms with E-state index in [2.05, 4.69) is 13.8 Å². The molecule has 0 bridgehead atoms. The molecule has 0 aromatic carbocycles. The Bertz CT molecular complexity index is 193. The van der Waals surface area contributed by atoms with E-state index in [0.717, 1.165) is 26.1 Å². The van der Waals surface area contributed by atoms with Crippen molar-refractivity contribution >= 4 is 0 Å². The van der Waals surface area contributed by atoms with Crippen molar-refractivity contribution < 1.29 is 14.2 Å². The maximum atomic E-state index is 5.64. The molecule has 0 unspecified atom stereocenters. The van der Waals surface area contributed by atoms with Gasteiger partial charge in [0.25, 0.3) is 0 Å². The van der Waals surface area contributed by atoms with E-state index in [1.54, 1.807) is 6.26 Å². The second kappa shape index (κ2) is 6.13. The molecule has 0 spiro atoms. The third kappa shape index (κ3) is 3.50. The van der Waals surface area contributed by atoms with Gasteiger partial charge in [-0.25, -0.2) is 0 Å². The van der Waals surface area contributed by atoms with Crippen LogP contribution in [0.25, 0.3) is 0 Å². The third-order valence-corrected chi connectivity index (χ3v) is 2.86. The normalized spacial score (nSPS) is 32.1. The quantitative estimate of drug-likeness (QED) is 0.659. The number of hydrogen-bond donors (Lipinski definition) is 0. The van der Waals surface area contributed by atoms with Gasteiger partial charge in [0.05, 0.1) is 31.5 Å². The molecule has 1 aliphatic rings. The van der Waals surface area contributed by atoms with Crippen LogP contribution in [-0.4, -0.2) is 26.1 Å². The highest BCUT2D eigenvalue weighted by Crippen LogP contribution is 2.29. The zero-order valence-corrected chi connectivity index (χ0v) is 9.99. The van der Waals surface area contributed by atoms with Crippen LogP contribution in [0.15, 0.2) is 12.3 Å². The van der Waals surface area contributed by atoms with Crippen molar-refractivity contribution in [2.75, 3.05) is 19.8 Å². The van der Waals surface area contributed by atoms with E-state index >= 15 is 0 Å². The van der Waals surface area contributed by atoms with Crippen molar-refractivity contribution in [1.82, 2.24) is 0 Å². The van der Waals surface area contributed by atoms with Crippen LogP contribution in [0, 0.1) is 5.41 Å². The Morgan fingerprint density at radius 2 is 2.00 bits per heavy atom. The summed E-state index contributed by atoms with van der Waals surface area (Å²) in [6.45, 7) is 8.31. The summed E-state index contributed by atoms with van der Waals surface area (Å²) in [5, 5.41) is 0. The van der Waals surface area contributed by atoms with E-state index in [1.807, 2.05) is 13.0 Å². The van der Waals surface area contributed by atoms with E-state index in [9.17, 15) is 0 Å². The lowest BCUT2D eigenvalue weighted by Crippen LogP contribution is -2.44. The van der Waals surface area contributed by atoms with Gasteiger partial charge in [-0.2, -0.15) is 0 Å². The predicted molar refractivity (Wildman–Crippen MR) is 59.5 cm³/mol. The van der Waals surface area contributed by atoms with Crippen molar-refractivity contribution in [3.8, 4) is 0 Å². The Labute approximate surface area is 92.4 Å². The van der Waals surface area contributed by atoms with Crippen LogP contribution in [-0.2, 0) is 14.2 Å². The molecule has 15 heavy (non-hydrogen) atoms. The zero-order valence-electron chi connectivity index (χ0n) is 9.99. The first kappa shape index (κ1) is 12.5. The number of ether oxygens (including phenoxy) is 3. The van der Waals surface area contributed by atoms with Gasteiger partial charge in [0.1, 0.15) is 0 Å². The molecule has 1 rings (SSSR count). The fraction of sp³-hybridized carbons (Fsp3) is 0.833. The molecule has 0 aromatic heterocycles. The Balaban J connectivity index is 2.41. The summed E-state index contributed by atoms with van der Waals surface area (Å²) in [7, 11) is 0. The van der Waals surface area contributed by atoms with Crippen molar-refractivity contribution in [1.29, 1.82) is 0 Å². The van der Waals surface area contributed by atoms with Crippen molar-refractivity contribution in [2.45, 2.75) is 39.9 Å². The van der Waals surface area contributed by atoms with Crippen LogP contribution in [0.5, 0.6) is 0 Å².